The normalized spacial score (nSPS) is 19.0. The Morgan fingerprint density at radius 3 is 2.76 bits per heavy atom. The van der Waals surface area contributed by atoms with E-state index in [0.29, 0.717) is 5.41 Å². The fourth-order valence-corrected chi connectivity index (χ4v) is 2.65. The largest absolute Gasteiger partial charge is 0.381 e. The van der Waals surface area contributed by atoms with Crippen LogP contribution in [0, 0.1) is 5.41 Å². The van der Waals surface area contributed by atoms with Crippen LogP contribution in [0.25, 0.3) is 0 Å². The molecule has 1 aromatic rings. The van der Waals surface area contributed by atoms with E-state index in [2.05, 4.69) is 30.5 Å². The van der Waals surface area contributed by atoms with E-state index >= 15 is 0 Å². The van der Waals surface area contributed by atoms with Gasteiger partial charge in [0, 0.05) is 38.4 Å². The second-order valence-electron chi connectivity index (χ2n) is 6.33. The summed E-state index contributed by atoms with van der Waals surface area (Å²) in [6.45, 7) is 8.73. The van der Waals surface area contributed by atoms with Crippen LogP contribution in [0.1, 0.15) is 45.2 Å². The predicted octanol–water partition coefficient (Wildman–Crippen LogP) is 3.11. The van der Waals surface area contributed by atoms with Crippen LogP contribution in [-0.4, -0.2) is 25.7 Å². The molecule has 2 N–H and O–H groups in total. The number of benzene rings is 1. The molecule has 0 aromatic heterocycles. The molecule has 0 spiro atoms. The highest BCUT2D eigenvalue weighted by Crippen LogP contribution is 2.29. The number of anilines is 1. The Labute approximate surface area is 127 Å². The Hall–Kier alpha value is -1.39. The van der Waals surface area contributed by atoms with Gasteiger partial charge in [0.05, 0.1) is 0 Å². The van der Waals surface area contributed by atoms with E-state index in [4.69, 9.17) is 4.74 Å². The number of hydrogen-bond donors (Lipinski definition) is 2. The summed E-state index contributed by atoms with van der Waals surface area (Å²) in [6.07, 6.45) is 2.22. The molecule has 1 aliphatic heterocycles. The van der Waals surface area contributed by atoms with Gasteiger partial charge in [-0.05, 0) is 42.9 Å². The van der Waals surface area contributed by atoms with Crippen molar-refractivity contribution in [1.29, 1.82) is 0 Å². The average Bonchev–Trinajstić information content (AvgIpc) is 2.45. The molecular formula is C17H26N2O2. The summed E-state index contributed by atoms with van der Waals surface area (Å²) in [6, 6.07) is 8.28. The first-order valence-electron chi connectivity index (χ1n) is 7.67. The minimum Gasteiger partial charge on any atom is -0.381 e. The van der Waals surface area contributed by atoms with Crippen molar-refractivity contribution in [3.63, 3.8) is 0 Å². The average molecular weight is 290 g/mol. The number of carbonyl (C=O) groups is 1. The maximum Gasteiger partial charge on any atom is 0.221 e. The molecule has 4 heteroatoms. The second-order valence-corrected chi connectivity index (χ2v) is 6.33. The molecule has 1 fully saturated rings. The molecule has 1 aliphatic rings. The van der Waals surface area contributed by atoms with Gasteiger partial charge in [-0.25, -0.2) is 0 Å². The van der Waals surface area contributed by atoms with Gasteiger partial charge in [-0.3, -0.25) is 4.79 Å². The van der Waals surface area contributed by atoms with Crippen molar-refractivity contribution in [2.75, 3.05) is 25.1 Å². The summed E-state index contributed by atoms with van der Waals surface area (Å²) in [5.41, 5.74) is 2.37. The third kappa shape index (κ3) is 4.83. The topological polar surface area (TPSA) is 50.4 Å². The molecule has 2 rings (SSSR count). The fourth-order valence-electron chi connectivity index (χ4n) is 2.65. The van der Waals surface area contributed by atoms with Crippen molar-refractivity contribution in [2.24, 2.45) is 5.41 Å². The second kappa shape index (κ2) is 7.05. The van der Waals surface area contributed by atoms with Gasteiger partial charge in [0.2, 0.25) is 5.91 Å². The summed E-state index contributed by atoms with van der Waals surface area (Å²) < 4.78 is 5.44. The van der Waals surface area contributed by atoms with Crippen LogP contribution in [0.2, 0.25) is 0 Å². The van der Waals surface area contributed by atoms with Gasteiger partial charge in [-0.1, -0.05) is 19.1 Å². The van der Waals surface area contributed by atoms with Gasteiger partial charge in [0.25, 0.3) is 0 Å². The molecule has 1 unspecified atom stereocenters. The smallest absolute Gasteiger partial charge is 0.221 e. The van der Waals surface area contributed by atoms with Crippen molar-refractivity contribution in [3.05, 3.63) is 29.8 Å². The van der Waals surface area contributed by atoms with Gasteiger partial charge < -0.3 is 15.4 Å². The quantitative estimate of drug-likeness (QED) is 0.876. The fraction of sp³-hybridized carbons (Fsp3) is 0.588. The Morgan fingerprint density at radius 2 is 2.10 bits per heavy atom. The molecule has 21 heavy (non-hydrogen) atoms. The van der Waals surface area contributed by atoms with Gasteiger partial charge >= 0.3 is 0 Å². The number of nitrogens with one attached hydrogen (secondary N) is 2. The highest BCUT2D eigenvalue weighted by Gasteiger charge is 2.27. The van der Waals surface area contributed by atoms with Crippen molar-refractivity contribution >= 4 is 11.6 Å². The van der Waals surface area contributed by atoms with E-state index < -0.39 is 0 Å². The summed E-state index contributed by atoms with van der Waals surface area (Å²) >= 11 is 0. The highest BCUT2D eigenvalue weighted by molar-refractivity contribution is 5.88. The zero-order chi connectivity index (χ0) is 15.3. The predicted molar refractivity (Wildman–Crippen MR) is 85.3 cm³/mol. The van der Waals surface area contributed by atoms with Crippen LogP contribution in [0.3, 0.4) is 0 Å². The lowest BCUT2D eigenvalue weighted by atomic mass is 9.82. The van der Waals surface area contributed by atoms with E-state index in [1.54, 1.807) is 0 Å². The maximum atomic E-state index is 11.1. The van der Waals surface area contributed by atoms with E-state index in [9.17, 15) is 4.79 Å². The van der Waals surface area contributed by atoms with Gasteiger partial charge in [-0.2, -0.15) is 0 Å². The van der Waals surface area contributed by atoms with Crippen LogP contribution in [-0.2, 0) is 9.53 Å². The Bertz CT molecular complexity index is 481. The van der Waals surface area contributed by atoms with Gasteiger partial charge in [0.15, 0.2) is 0 Å². The minimum absolute atomic E-state index is 0.0394. The van der Waals surface area contributed by atoms with Crippen LogP contribution in [0.5, 0.6) is 0 Å². The maximum absolute atomic E-state index is 11.1. The third-order valence-corrected chi connectivity index (χ3v) is 4.24. The standard InChI is InChI=1S/C17H26N2O2/c1-13(18-12-17(3)7-9-21-10-8-17)15-5-4-6-16(11-15)19-14(2)20/h4-6,11,13,18H,7-10,12H2,1-3H3,(H,19,20). The molecule has 0 radical (unpaired) electrons. The number of amides is 1. The SMILES string of the molecule is CC(=O)Nc1cccc(C(C)NCC2(C)CCOCC2)c1. The number of ether oxygens (including phenoxy) is 1. The monoisotopic (exact) mass is 290 g/mol. The first-order valence-corrected chi connectivity index (χ1v) is 7.67. The lowest BCUT2D eigenvalue weighted by Crippen LogP contribution is -2.37. The Kier molecular flexibility index (Phi) is 5.37. The van der Waals surface area contributed by atoms with Crippen LogP contribution in [0.4, 0.5) is 5.69 Å². The van der Waals surface area contributed by atoms with Crippen LogP contribution >= 0.6 is 0 Å². The van der Waals surface area contributed by atoms with Crippen molar-refractivity contribution < 1.29 is 9.53 Å². The summed E-state index contributed by atoms with van der Waals surface area (Å²) in [5.74, 6) is -0.0394. The molecular weight excluding hydrogens is 264 g/mol. The molecule has 0 bridgehead atoms. The summed E-state index contributed by atoms with van der Waals surface area (Å²) in [4.78, 5) is 11.1. The zero-order valence-electron chi connectivity index (χ0n) is 13.2. The van der Waals surface area contributed by atoms with E-state index in [-0.39, 0.29) is 11.9 Å². The van der Waals surface area contributed by atoms with Crippen LogP contribution in [0.15, 0.2) is 24.3 Å². The molecule has 4 nitrogen and oxygen atoms in total. The molecule has 1 amide bonds. The first kappa shape index (κ1) is 16.0. The Morgan fingerprint density at radius 1 is 1.38 bits per heavy atom. The summed E-state index contributed by atoms with van der Waals surface area (Å²) in [7, 11) is 0. The van der Waals surface area contributed by atoms with Gasteiger partial charge in [-0.15, -0.1) is 0 Å². The first-order chi connectivity index (χ1) is 9.98. The molecule has 0 aliphatic carbocycles. The zero-order valence-corrected chi connectivity index (χ0v) is 13.2. The summed E-state index contributed by atoms with van der Waals surface area (Å²) in [5, 5.41) is 6.45. The van der Waals surface area contributed by atoms with E-state index in [1.165, 1.54) is 12.5 Å². The molecule has 1 atom stereocenters. The third-order valence-electron chi connectivity index (χ3n) is 4.24. The van der Waals surface area contributed by atoms with Crippen molar-refractivity contribution in [1.82, 2.24) is 5.32 Å². The lowest BCUT2D eigenvalue weighted by Gasteiger charge is -2.34. The van der Waals surface area contributed by atoms with Gasteiger partial charge in [0.1, 0.15) is 0 Å². The van der Waals surface area contributed by atoms with Crippen molar-refractivity contribution in [3.8, 4) is 0 Å². The molecule has 1 aromatic carbocycles. The molecule has 1 saturated heterocycles. The van der Waals surface area contributed by atoms with Crippen LogP contribution < -0.4 is 10.6 Å². The highest BCUT2D eigenvalue weighted by atomic mass is 16.5. The number of rotatable bonds is 5. The van der Waals surface area contributed by atoms with Crippen molar-refractivity contribution in [2.45, 2.75) is 39.7 Å². The number of carbonyl (C=O) groups excluding carboxylic acids is 1. The Balaban J connectivity index is 1.93. The number of hydrogen-bond acceptors (Lipinski definition) is 3. The molecule has 116 valence electrons. The molecule has 1 heterocycles. The lowest BCUT2D eigenvalue weighted by molar-refractivity contribution is -0.114. The minimum atomic E-state index is -0.0394. The van der Waals surface area contributed by atoms with E-state index in [1.807, 2.05) is 18.2 Å². The van der Waals surface area contributed by atoms with E-state index in [0.717, 1.165) is 38.3 Å². The molecule has 0 saturated carbocycles.